The van der Waals surface area contributed by atoms with Gasteiger partial charge in [0.1, 0.15) is 0 Å². The Morgan fingerprint density at radius 3 is 2.52 bits per heavy atom. The SMILES string of the molecule is CCN1CCC(N(C(=O)c2ccc3c(c2)OCO3)C2CC2)CC1. The molecule has 0 atom stereocenters. The third-order valence-corrected chi connectivity index (χ3v) is 5.19. The largest absolute Gasteiger partial charge is 0.454 e. The molecule has 0 N–H and O–H groups in total. The molecule has 1 aliphatic carbocycles. The van der Waals surface area contributed by atoms with E-state index in [1.54, 1.807) is 0 Å². The van der Waals surface area contributed by atoms with Crippen molar-refractivity contribution in [3.05, 3.63) is 23.8 Å². The van der Waals surface area contributed by atoms with Gasteiger partial charge >= 0.3 is 0 Å². The van der Waals surface area contributed by atoms with Crippen molar-refractivity contribution in [3.63, 3.8) is 0 Å². The van der Waals surface area contributed by atoms with E-state index in [9.17, 15) is 4.79 Å². The zero-order valence-electron chi connectivity index (χ0n) is 13.7. The highest BCUT2D eigenvalue weighted by molar-refractivity contribution is 5.95. The highest BCUT2D eigenvalue weighted by atomic mass is 16.7. The van der Waals surface area contributed by atoms with Crippen LogP contribution in [0.2, 0.25) is 0 Å². The van der Waals surface area contributed by atoms with Crippen molar-refractivity contribution >= 4 is 5.91 Å². The maximum absolute atomic E-state index is 13.1. The van der Waals surface area contributed by atoms with Crippen molar-refractivity contribution in [2.75, 3.05) is 26.4 Å². The first-order chi connectivity index (χ1) is 11.3. The van der Waals surface area contributed by atoms with Crippen molar-refractivity contribution in [2.24, 2.45) is 0 Å². The van der Waals surface area contributed by atoms with Crippen LogP contribution in [-0.4, -0.2) is 54.2 Å². The highest BCUT2D eigenvalue weighted by Gasteiger charge is 2.39. The summed E-state index contributed by atoms with van der Waals surface area (Å²) in [6, 6.07) is 6.36. The van der Waals surface area contributed by atoms with Crippen molar-refractivity contribution in [2.45, 2.75) is 44.7 Å². The molecule has 124 valence electrons. The summed E-state index contributed by atoms with van der Waals surface area (Å²) in [5.74, 6) is 1.57. The van der Waals surface area contributed by atoms with Crippen LogP contribution in [0.5, 0.6) is 11.5 Å². The third kappa shape index (κ3) is 2.90. The molecule has 1 amide bonds. The number of piperidine rings is 1. The molecule has 1 saturated carbocycles. The lowest BCUT2D eigenvalue weighted by atomic mass is 10.0. The predicted molar refractivity (Wildman–Crippen MR) is 86.9 cm³/mol. The summed E-state index contributed by atoms with van der Waals surface area (Å²) < 4.78 is 10.8. The molecule has 0 aromatic heterocycles. The Hall–Kier alpha value is -1.75. The number of benzene rings is 1. The number of likely N-dealkylation sites (tertiary alicyclic amines) is 1. The standard InChI is InChI=1S/C18H24N2O3/c1-2-19-9-7-15(8-10-19)20(14-4-5-14)18(21)13-3-6-16-17(11-13)23-12-22-16/h3,6,11,14-15H,2,4-5,7-10,12H2,1H3. The summed E-state index contributed by atoms with van der Waals surface area (Å²) >= 11 is 0. The zero-order chi connectivity index (χ0) is 15.8. The average Bonchev–Trinajstić information content (AvgIpc) is 3.31. The number of hydrogen-bond acceptors (Lipinski definition) is 4. The average molecular weight is 316 g/mol. The first kappa shape index (κ1) is 14.8. The molecule has 3 aliphatic rings. The minimum atomic E-state index is 0.153. The fourth-order valence-electron chi connectivity index (χ4n) is 3.67. The monoisotopic (exact) mass is 316 g/mol. The number of carbonyl (C=O) groups is 1. The Labute approximate surface area is 137 Å². The highest BCUT2D eigenvalue weighted by Crippen LogP contribution is 2.36. The Morgan fingerprint density at radius 2 is 1.83 bits per heavy atom. The zero-order valence-corrected chi connectivity index (χ0v) is 13.7. The van der Waals surface area contributed by atoms with E-state index in [-0.39, 0.29) is 12.7 Å². The quantitative estimate of drug-likeness (QED) is 0.856. The molecule has 0 radical (unpaired) electrons. The normalized spacial score (nSPS) is 21.4. The number of nitrogens with zero attached hydrogens (tertiary/aromatic N) is 2. The molecule has 0 spiro atoms. The predicted octanol–water partition coefficient (Wildman–Crippen LogP) is 2.50. The number of rotatable bonds is 4. The Morgan fingerprint density at radius 1 is 1.13 bits per heavy atom. The van der Waals surface area contributed by atoms with E-state index in [2.05, 4.69) is 16.7 Å². The van der Waals surface area contributed by atoms with Crippen LogP contribution in [0.3, 0.4) is 0 Å². The van der Waals surface area contributed by atoms with Gasteiger partial charge in [-0.15, -0.1) is 0 Å². The van der Waals surface area contributed by atoms with Gasteiger partial charge in [0.2, 0.25) is 6.79 Å². The van der Waals surface area contributed by atoms with Gasteiger partial charge in [-0.2, -0.15) is 0 Å². The Kier molecular flexibility index (Phi) is 3.89. The molecule has 1 aromatic carbocycles. The second kappa shape index (κ2) is 6.04. The first-order valence-electron chi connectivity index (χ1n) is 8.71. The van der Waals surface area contributed by atoms with Crippen LogP contribution in [0.4, 0.5) is 0 Å². The van der Waals surface area contributed by atoms with Crippen molar-refractivity contribution < 1.29 is 14.3 Å². The van der Waals surface area contributed by atoms with Gasteiger partial charge in [-0.3, -0.25) is 4.79 Å². The molecule has 0 unspecified atom stereocenters. The molecule has 2 aliphatic heterocycles. The number of hydrogen-bond donors (Lipinski definition) is 0. The van der Waals surface area contributed by atoms with Crippen LogP contribution < -0.4 is 9.47 Å². The molecule has 1 aromatic rings. The molecule has 2 heterocycles. The van der Waals surface area contributed by atoms with Crippen LogP contribution in [0, 0.1) is 0 Å². The van der Waals surface area contributed by atoms with Gasteiger partial charge in [0, 0.05) is 30.7 Å². The molecular weight excluding hydrogens is 292 g/mol. The van der Waals surface area contributed by atoms with E-state index >= 15 is 0 Å². The minimum absolute atomic E-state index is 0.153. The van der Waals surface area contributed by atoms with Crippen molar-refractivity contribution in [3.8, 4) is 11.5 Å². The maximum Gasteiger partial charge on any atom is 0.254 e. The summed E-state index contributed by atoms with van der Waals surface area (Å²) in [4.78, 5) is 17.7. The summed E-state index contributed by atoms with van der Waals surface area (Å²) in [5, 5.41) is 0. The second-order valence-corrected chi connectivity index (χ2v) is 6.68. The van der Waals surface area contributed by atoms with Gasteiger partial charge in [-0.1, -0.05) is 6.92 Å². The number of amides is 1. The van der Waals surface area contributed by atoms with E-state index in [0.29, 0.717) is 17.8 Å². The summed E-state index contributed by atoms with van der Waals surface area (Å²) in [7, 11) is 0. The first-order valence-corrected chi connectivity index (χ1v) is 8.71. The van der Waals surface area contributed by atoms with Gasteiger partial charge < -0.3 is 19.3 Å². The molecule has 2 fully saturated rings. The molecule has 23 heavy (non-hydrogen) atoms. The second-order valence-electron chi connectivity index (χ2n) is 6.68. The number of carbonyl (C=O) groups excluding carboxylic acids is 1. The van der Waals surface area contributed by atoms with E-state index in [1.165, 1.54) is 0 Å². The topological polar surface area (TPSA) is 42.0 Å². The third-order valence-electron chi connectivity index (χ3n) is 5.19. The van der Waals surface area contributed by atoms with Gasteiger partial charge in [0.25, 0.3) is 5.91 Å². The summed E-state index contributed by atoms with van der Waals surface area (Å²) in [6.45, 7) is 5.75. The van der Waals surface area contributed by atoms with Gasteiger partial charge in [-0.05, 0) is 50.4 Å². The fraction of sp³-hybridized carbons (Fsp3) is 0.611. The van der Waals surface area contributed by atoms with E-state index in [4.69, 9.17) is 9.47 Å². The van der Waals surface area contributed by atoms with E-state index in [0.717, 1.165) is 56.6 Å². The lowest BCUT2D eigenvalue weighted by Gasteiger charge is -2.38. The fourth-order valence-corrected chi connectivity index (χ4v) is 3.67. The summed E-state index contributed by atoms with van der Waals surface area (Å²) in [6.07, 6.45) is 4.45. The van der Waals surface area contributed by atoms with E-state index in [1.807, 2.05) is 18.2 Å². The van der Waals surface area contributed by atoms with Gasteiger partial charge in [0.05, 0.1) is 0 Å². The molecule has 5 heteroatoms. The number of ether oxygens (including phenoxy) is 2. The number of fused-ring (bicyclic) bond motifs is 1. The summed E-state index contributed by atoms with van der Waals surface area (Å²) in [5.41, 5.74) is 0.721. The van der Waals surface area contributed by atoms with Crippen LogP contribution in [-0.2, 0) is 0 Å². The molecule has 1 saturated heterocycles. The Bertz CT molecular complexity index is 592. The van der Waals surface area contributed by atoms with Crippen LogP contribution in [0.25, 0.3) is 0 Å². The maximum atomic E-state index is 13.1. The van der Waals surface area contributed by atoms with Crippen LogP contribution in [0.15, 0.2) is 18.2 Å². The van der Waals surface area contributed by atoms with Gasteiger partial charge in [0.15, 0.2) is 11.5 Å². The molecule has 5 nitrogen and oxygen atoms in total. The van der Waals surface area contributed by atoms with Gasteiger partial charge in [-0.25, -0.2) is 0 Å². The lowest BCUT2D eigenvalue weighted by Crippen LogP contribution is -2.48. The minimum Gasteiger partial charge on any atom is -0.454 e. The Balaban J connectivity index is 1.52. The van der Waals surface area contributed by atoms with Crippen molar-refractivity contribution in [1.29, 1.82) is 0 Å². The molecule has 4 rings (SSSR count). The lowest BCUT2D eigenvalue weighted by molar-refractivity contribution is 0.0554. The molecular formula is C18H24N2O3. The van der Waals surface area contributed by atoms with Crippen molar-refractivity contribution in [1.82, 2.24) is 9.80 Å². The molecule has 0 bridgehead atoms. The van der Waals surface area contributed by atoms with E-state index < -0.39 is 0 Å². The van der Waals surface area contributed by atoms with Crippen LogP contribution in [0.1, 0.15) is 43.0 Å². The van der Waals surface area contributed by atoms with Crippen LogP contribution >= 0.6 is 0 Å². The smallest absolute Gasteiger partial charge is 0.254 e.